The highest BCUT2D eigenvalue weighted by molar-refractivity contribution is 9.10. The Balaban J connectivity index is 1.58. The summed E-state index contributed by atoms with van der Waals surface area (Å²) in [4.78, 5) is 22.4. The molecular formula is C21H12BrNO5. The molecular weight excluding hydrogens is 426 g/mol. The number of esters is 1. The number of nitro groups is 1. The summed E-state index contributed by atoms with van der Waals surface area (Å²) in [7, 11) is 0. The smallest absolute Gasteiger partial charge is 0.343 e. The number of furan rings is 1. The highest BCUT2D eigenvalue weighted by Gasteiger charge is 2.22. The Hall–Kier alpha value is -3.45. The zero-order chi connectivity index (χ0) is 19.7. The summed E-state index contributed by atoms with van der Waals surface area (Å²) in [6, 6.07) is 17.0. The lowest BCUT2D eigenvalue weighted by atomic mass is 10.1. The van der Waals surface area contributed by atoms with E-state index in [1.807, 2.05) is 24.3 Å². The van der Waals surface area contributed by atoms with Gasteiger partial charge in [-0.25, -0.2) is 4.79 Å². The van der Waals surface area contributed by atoms with Crippen LogP contribution in [0.5, 0.6) is 0 Å². The van der Waals surface area contributed by atoms with Crippen LogP contribution >= 0.6 is 15.9 Å². The molecule has 1 aromatic heterocycles. The third-order valence-electron chi connectivity index (χ3n) is 4.14. The molecule has 7 heteroatoms. The maximum Gasteiger partial charge on any atom is 0.343 e. The summed E-state index contributed by atoms with van der Waals surface area (Å²) in [5, 5.41) is 10.7. The van der Waals surface area contributed by atoms with Crippen LogP contribution in [-0.2, 0) is 9.53 Å². The van der Waals surface area contributed by atoms with Crippen molar-refractivity contribution >= 4 is 39.4 Å². The van der Waals surface area contributed by atoms with E-state index in [0.717, 1.165) is 10.0 Å². The van der Waals surface area contributed by atoms with E-state index in [9.17, 15) is 14.9 Å². The SMILES string of the molecule is O=C1OC(c2ccc(Br)cc2)=CC1=Cc1ccc(-c2ccc([N+](=O)[O-])cc2)o1. The number of hydrogen-bond acceptors (Lipinski definition) is 5. The molecule has 0 saturated heterocycles. The van der Waals surface area contributed by atoms with Crippen LogP contribution in [0.4, 0.5) is 5.69 Å². The first-order chi connectivity index (χ1) is 13.5. The molecule has 1 aliphatic heterocycles. The second-order valence-electron chi connectivity index (χ2n) is 6.01. The van der Waals surface area contributed by atoms with E-state index in [4.69, 9.17) is 9.15 Å². The van der Waals surface area contributed by atoms with Crippen LogP contribution in [0.25, 0.3) is 23.2 Å². The van der Waals surface area contributed by atoms with Gasteiger partial charge in [0.15, 0.2) is 0 Å². The number of ether oxygens (including phenoxy) is 1. The number of nitro benzene ring substituents is 1. The number of benzene rings is 2. The van der Waals surface area contributed by atoms with Gasteiger partial charge >= 0.3 is 5.97 Å². The van der Waals surface area contributed by atoms with Gasteiger partial charge < -0.3 is 9.15 Å². The zero-order valence-corrected chi connectivity index (χ0v) is 15.9. The molecule has 3 aromatic rings. The third kappa shape index (κ3) is 3.65. The second kappa shape index (κ2) is 7.28. The van der Waals surface area contributed by atoms with Gasteiger partial charge in [-0.1, -0.05) is 28.1 Å². The van der Waals surface area contributed by atoms with Crippen molar-refractivity contribution in [3.05, 3.63) is 98.2 Å². The maximum atomic E-state index is 12.2. The number of halogens is 1. The molecule has 6 nitrogen and oxygen atoms in total. The average Bonchev–Trinajstić information content (AvgIpc) is 3.30. The van der Waals surface area contributed by atoms with Crippen LogP contribution in [0.3, 0.4) is 0 Å². The molecule has 28 heavy (non-hydrogen) atoms. The molecule has 2 heterocycles. The quantitative estimate of drug-likeness (QED) is 0.229. The summed E-state index contributed by atoms with van der Waals surface area (Å²) >= 11 is 3.37. The Bertz CT molecular complexity index is 1120. The van der Waals surface area contributed by atoms with E-state index in [1.54, 1.807) is 36.4 Å². The van der Waals surface area contributed by atoms with Gasteiger partial charge in [0.1, 0.15) is 17.3 Å². The Morgan fingerprint density at radius 3 is 2.29 bits per heavy atom. The van der Waals surface area contributed by atoms with Gasteiger partial charge in [-0.15, -0.1) is 0 Å². The number of hydrogen-bond donors (Lipinski definition) is 0. The lowest BCUT2D eigenvalue weighted by Gasteiger charge is -2.01. The number of nitrogens with zero attached hydrogens (tertiary/aromatic N) is 1. The molecule has 0 saturated carbocycles. The van der Waals surface area contributed by atoms with Crippen LogP contribution < -0.4 is 0 Å². The molecule has 0 amide bonds. The Morgan fingerprint density at radius 2 is 1.61 bits per heavy atom. The molecule has 0 radical (unpaired) electrons. The van der Waals surface area contributed by atoms with Crippen molar-refractivity contribution in [3.63, 3.8) is 0 Å². The highest BCUT2D eigenvalue weighted by atomic mass is 79.9. The van der Waals surface area contributed by atoms with E-state index in [0.29, 0.717) is 28.4 Å². The largest absolute Gasteiger partial charge is 0.457 e. The molecule has 4 rings (SSSR count). The first kappa shape index (κ1) is 17.9. The summed E-state index contributed by atoms with van der Waals surface area (Å²) in [6.07, 6.45) is 3.27. The number of carbonyl (C=O) groups is 1. The monoisotopic (exact) mass is 437 g/mol. The van der Waals surface area contributed by atoms with E-state index in [2.05, 4.69) is 15.9 Å². The standard InChI is InChI=1S/C21H12BrNO5/c22-16-5-1-14(2-6-16)20-12-15(21(24)28-20)11-18-9-10-19(27-18)13-3-7-17(8-4-13)23(25)26/h1-12H. The van der Waals surface area contributed by atoms with Crippen molar-refractivity contribution in [1.29, 1.82) is 0 Å². The number of cyclic esters (lactones) is 1. The first-order valence-corrected chi connectivity index (χ1v) is 9.05. The van der Waals surface area contributed by atoms with Crippen molar-refractivity contribution in [2.24, 2.45) is 0 Å². The van der Waals surface area contributed by atoms with E-state index >= 15 is 0 Å². The number of rotatable bonds is 4. The molecule has 0 bridgehead atoms. The van der Waals surface area contributed by atoms with Crippen molar-refractivity contribution < 1.29 is 18.9 Å². The van der Waals surface area contributed by atoms with Gasteiger partial charge in [0, 0.05) is 27.7 Å². The summed E-state index contributed by atoms with van der Waals surface area (Å²) in [5.74, 6) is 1.05. The molecule has 1 aliphatic rings. The summed E-state index contributed by atoms with van der Waals surface area (Å²) in [5.41, 5.74) is 1.89. The lowest BCUT2D eigenvalue weighted by Crippen LogP contribution is -1.96. The predicted octanol–water partition coefficient (Wildman–Crippen LogP) is 5.60. The Labute approximate surface area is 168 Å². The average molecular weight is 438 g/mol. The van der Waals surface area contributed by atoms with E-state index < -0.39 is 10.9 Å². The molecule has 138 valence electrons. The molecule has 2 aromatic carbocycles. The van der Waals surface area contributed by atoms with Crippen LogP contribution in [-0.4, -0.2) is 10.9 Å². The topological polar surface area (TPSA) is 82.6 Å². The van der Waals surface area contributed by atoms with Gasteiger partial charge in [-0.2, -0.15) is 0 Å². The summed E-state index contributed by atoms with van der Waals surface area (Å²) < 4.78 is 12.0. The third-order valence-corrected chi connectivity index (χ3v) is 4.67. The molecule has 0 fully saturated rings. The van der Waals surface area contributed by atoms with Crippen molar-refractivity contribution in [1.82, 2.24) is 0 Å². The van der Waals surface area contributed by atoms with E-state index in [1.165, 1.54) is 12.1 Å². The van der Waals surface area contributed by atoms with Crippen LogP contribution in [0.15, 0.2) is 81.2 Å². The molecule has 0 atom stereocenters. The fourth-order valence-corrected chi connectivity index (χ4v) is 3.00. The fraction of sp³-hybridized carbons (Fsp3) is 0. The molecule has 0 spiro atoms. The number of carbonyl (C=O) groups excluding carboxylic acids is 1. The Kier molecular flexibility index (Phi) is 4.67. The molecule has 0 unspecified atom stereocenters. The van der Waals surface area contributed by atoms with Gasteiger partial charge in [0.2, 0.25) is 0 Å². The van der Waals surface area contributed by atoms with Crippen LogP contribution in [0.2, 0.25) is 0 Å². The minimum atomic E-state index is -0.456. The Morgan fingerprint density at radius 1 is 0.929 bits per heavy atom. The summed E-state index contributed by atoms with van der Waals surface area (Å²) in [6.45, 7) is 0. The van der Waals surface area contributed by atoms with Crippen molar-refractivity contribution in [2.75, 3.05) is 0 Å². The highest BCUT2D eigenvalue weighted by Crippen LogP contribution is 2.30. The maximum absolute atomic E-state index is 12.2. The normalized spacial score (nSPS) is 14.8. The van der Waals surface area contributed by atoms with Gasteiger partial charge in [0.05, 0.1) is 10.5 Å². The zero-order valence-electron chi connectivity index (χ0n) is 14.3. The minimum Gasteiger partial charge on any atom is -0.457 e. The minimum absolute atomic E-state index is 0.0111. The van der Waals surface area contributed by atoms with Gasteiger partial charge in [-0.05, 0) is 48.6 Å². The number of non-ortho nitro benzene ring substituents is 1. The second-order valence-corrected chi connectivity index (χ2v) is 6.93. The fourth-order valence-electron chi connectivity index (χ4n) is 2.73. The molecule has 0 N–H and O–H groups in total. The van der Waals surface area contributed by atoms with Crippen molar-refractivity contribution in [3.8, 4) is 11.3 Å². The van der Waals surface area contributed by atoms with Crippen LogP contribution in [0.1, 0.15) is 11.3 Å². The van der Waals surface area contributed by atoms with Crippen molar-refractivity contribution in [2.45, 2.75) is 0 Å². The lowest BCUT2D eigenvalue weighted by molar-refractivity contribution is -0.384. The first-order valence-electron chi connectivity index (χ1n) is 8.26. The predicted molar refractivity (Wildman–Crippen MR) is 107 cm³/mol. The molecule has 0 aliphatic carbocycles. The van der Waals surface area contributed by atoms with Crippen LogP contribution in [0, 0.1) is 10.1 Å². The van der Waals surface area contributed by atoms with E-state index in [-0.39, 0.29) is 5.69 Å². The van der Waals surface area contributed by atoms with Gasteiger partial charge in [0.25, 0.3) is 5.69 Å². The van der Waals surface area contributed by atoms with Gasteiger partial charge in [-0.3, -0.25) is 10.1 Å².